The molecule has 5 rings (SSSR count). The van der Waals surface area contributed by atoms with E-state index in [1.165, 1.54) is 0 Å². The van der Waals surface area contributed by atoms with Gasteiger partial charge in [0.15, 0.2) is 5.78 Å². The van der Waals surface area contributed by atoms with E-state index in [1.54, 1.807) is 0 Å². The Kier molecular flexibility index (Phi) is 5.42. The van der Waals surface area contributed by atoms with Crippen molar-refractivity contribution in [3.05, 3.63) is 23.2 Å². The molecular weight excluding hydrogens is 458 g/mol. The Hall–Kier alpha value is -1.47. The molecule has 9 atom stereocenters. The summed E-state index contributed by atoms with van der Waals surface area (Å²) in [5.74, 6) is 0.136. The van der Waals surface area contributed by atoms with Crippen molar-refractivity contribution in [2.45, 2.75) is 92.9 Å². The van der Waals surface area contributed by atoms with Crippen molar-refractivity contribution in [3.8, 4) is 0 Å². The summed E-state index contributed by atoms with van der Waals surface area (Å²) in [5, 5.41) is -0.236. The molecule has 0 bridgehead atoms. The van der Waals surface area contributed by atoms with Crippen LogP contribution in [0.15, 0.2) is 11.8 Å². The number of nitrogens with zero attached hydrogens (tertiary/aromatic N) is 1. The molecule has 0 radical (unpaired) electrons. The molecule has 5 heteroatoms. The smallest absolute Gasteiger partial charge is 0.228 e. The predicted octanol–water partition coefficient (Wildman–Crippen LogP) is 7.01. The molecule has 0 heterocycles. The number of halogens is 1. The summed E-state index contributed by atoms with van der Waals surface area (Å²) in [5.41, 5.74) is -0.927. The highest BCUT2D eigenvalue weighted by molar-refractivity contribution is 6.64. The van der Waals surface area contributed by atoms with Crippen LogP contribution in [-0.4, -0.2) is 16.8 Å². The number of carbonyl (C=O) groups is 3. The first-order valence-electron chi connectivity index (χ1n) is 13.5. The summed E-state index contributed by atoms with van der Waals surface area (Å²) >= 11 is 6.37. The molecule has 0 unspecified atom stereocenters. The minimum atomic E-state index is -0.579. The van der Waals surface area contributed by atoms with Crippen molar-refractivity contribution in [2.75, 3.05) is 0 Å². The molecule has 0 aliphatic heterocycles. The minimum Gasteiger partial charge on any atom is -0.308 e. The van der Waals surface area contributed by atoms with E-state index in [2.05, 4.69) is 39.5 Å². The van der Waals surface area contributed by atoms with E-state index in [1.807, 2.05) is 13.0 Å². The molecule has 5 aliphatic carbocycles. The second kappa shape index (κ2) is 7.53. The van der Waals surface area contributed by atoms with Gasteiger partial charge in [-0.2, -0.15) is 0 Å². The third kappa shape index (κ3) is 3.06. The van der Waals surface area contributed by atoms with Gasteiger partial charge in [0.2, 0.25) is 10.9 Å². The second-order valence-corrected chi connectivity index (χ2v) is 14.6. The van der Waals surface area contributed by atoms with Crippen molar-refractivity contribution < 1.29 is 14.4 Å². The van der Waals surface area contributed by atoms with Crippen LogP contribution in [-0.2, 0) is 14.4 Å². The fourth-order valence-electron chi connectivity index (χ4n) is 10.2. The highest BCUT2D eigenvalue weighted by Crippen LogP contribution is 2.75. The first kappa shape index (κ1) is 25.2. The number of fused-ring (bicyclic) bond motifs is 7. The molecule has 190 valence electrons. The topological polar surface area (TPSA) is 55.6 Å². The summed E-state index contributed by atoms with van der Waals surface area (Å²) in [6, 6.07) is 0. The quantitative estimate of drug-likeness (QED) is 0.289. The number of rotatable bonds is 1. The van der Waals surface area contributed by atoms with Crippen LogP contribution in [0.4, 0.5) is 0 Å². The van der Waals surface area contributed by atoms with Gasteiger partial charge in [0.25, 0.3) is 0 Å². The van der Waals surface area contributed by atoms with Gasteiger partial charge in [-0.25, -0.2) is 4.85 Å². The van der Waals surface area contributed by atoms with Crippen LogP contribution in [0.1, 0.15) is 92.9 Å². The number of hydrogen-bond donors (Lipinski definition) is 0. The third-order valence-electron chi connectivity index (χ3n) is 12.5. The second-order valence-electron chi connectivity index (χ2n) is 14.2. The molecule has 0 N–H and O–H groups in total. The monoisotopic (exact) mass is 497 g/mol. The molecule has 0 spiro atoms. The molecule has 0 amide bonds. The lowest BCUT2D eigenvalue weighted by molar-refractivity contribution is -0.216. The number of Topliss-reactive ketones (excluding diaryl/α,β-unsaturated/α-hetero) is 2. The van der Waals surface area contributed by atoms with Gasteiger partial charge in [-0.15, -0.1) is 0 Å². The SMILES string of the molecule is [C-]#[N+]C1=C[C@]2(C)[C@H]3CC(=O)[C@@H]4[C@@H]5CC(C)(C)CC[C@]5(C(=O)Cl)CC[C@@]4(C)[C@]3(C)CC[C@H]2[C@H](C)C1=O. The van der Waals surface area contributed by atoms with Crippen molar-refractivity contribution in [2.24, 2.45) is 56.7 Å². The van der Waals surface area contributed by atoms with Crippen LogP contribution in [0.3, 0.4) is 0 Å². The average molecular weight is 498 g/mol. The van der Waals surface area contributed by atoms with Gasteiger partial charge < -0.3 is 4.79 Å². The Balaban J connectivity index is 1.64. The highest BCUT2D eigenvalue weighted by atomic mass is 35.5. The number of ketones is 2. The normalized spacial score (nSPS) is 50.6. The van der Waals surface area contributed by atoms with E-state index in [9.17, 15) is 14.4 Å². The summed E-state index contributed by atoms with van der Waals surface area (Å²) in [4.78, 5) is 43.7. The van der Waals surface area contributed by atoms with Crippen molar-refractivity contribution in [1.82, 2.24) is 0 Å². The van der Waals surface area contributed by atoms with Gasteiger partial charge in [-0.05, 0) is 96.0 Å². The standard InChI is InChI=1S/C30H40ClNO3/c1-17-18-8-9-28(5)22(27(18,4)16-20(32-7)24(17)34)14-21(33)23-19-15-26(2,3)10-12-30(19,25(31)35)13-11-29(23,28)6/h16-19,22-23H,8-15H2,1-6H3/t17-,18-,19-,22+,23-,27-,28+,29+,30-/m0/s1. The Bertz CT molecular complexity index is 1090. The van der Waals surface area contributed by atoms with E-state index in [0.717, 1.165) is 44.9 Å². The van der Waals surface area contributed by atoms with Crippen LogP contribution in [0.5, 0.6) is 0 Å². The average Bonchev–Trinajstić information content (AvgIpc) is 2.77. The first-order valence-corrected chi connectivity index (χ1v) is 13.9. The Morgan fingerprint density at radius 2 is 1.66 bits per heavy atom. The maximum absolute atomic E-state index is 14.3. The fourth-order valence-corrected chi connectivity index (χ4v) is 10.6. The Morgan fingerprint density at radius 3 is 2.29 bits per heavy atom. The summed E-state index contributed by atoms with van der Waals surface area (Å²) in [7, 11) is 0. The zero-order valence-corrected chi connectivity index (χ0v) is 22.9. The number of allylic oxidation sites excluding steroid dienone is 2. The van der Waals surface area contributed by atoms with Crippen molar-refractivity contribution >= 4 is 28.4 Å². The molecule has 35 heavy (non-hydrogen) atoms. The number of carbonyl (C=O) groups excluding carboxylic acids is 3. The van der Waals surface area contributed by atoms with E-state index in [0.29, 0.717) is 6.42 Å². The van der Waals surface area contributed by atoms with Gasteiger partial charge in [0.05, 0.1) is 6.57 Å². The zero-order valence-electron chi connectivity index (χ0n) is 22.2. The Labute approximate surface area is 215 Å². The largest absolute Gasteiger partial charge is 0.308 e. The predicted molar refractivity (Wildman–Crippen MR) is 136 cm³/mol. The molecule has 0 aromatic heterocycles. The minimum absolute atomic E-state index is 0.00740. The van der Waals surface area contributed by atoms with E-state index in [4.69, 9.17) is 18.2 Å². The van der Waals surface area contributed by atoms with Crippen LogP contribution in [0.25, 0.3) is 4.85 Å². The third-order valence-corrected chi connectivity index (χ3v) is 12.9. The van der Waals surface area contributed by atoms with Gasteiger partial charge in [0, 0.05) is 23.7 Å². The molecule has 0 saturated heterocycles. The summed E-state index contributed by atoms with van der Waals surface area (Å²) in [6.07, 6.45) is 8.54. The van der Waals surface area contributed by atoms with Crippen LogP contribution < -0.4 is 0 Å². The maximum Gasteiger partial charge on any atom is 0.228 e. The lowest BCUT2D eigenvalue weighted by Crippen LogP contribution is -2.68. The van der Waals surface area contributed by atoms with Gasteiger partial charge in [-0.3, -0.25) is 9.59 Å². The summed E-state index contributed by atoms with van der Waals surface area (Å²) < 4.78 is 0. The van der Waals surface area contributed by atoms with E-state index < -0.39 is 5.41 Å². The van der Waals surface area contributed by atoms with Crippen molar-refractivity contribution in [3.63, 3.8) is 0 Å². The van der Waals surface area contributed by atoms with E-state index in [-0.39, 0.29) is 73.8 Å². The van der Waals surface area contributed by atoms with Crippen LogP contribution in [0.2, 0.25) is 0 Å². The fraction of sp³-hybridized carbons (Fsp3) is 0.800. The van der Waals surface area contributed by atoms with Crippen molar-refractivity contribution in [1.29, 1.82) is 0 Å². The molecular formula is C30H40ClNO3. The molecule has 0 aromatic carbocycles. The molecule has 5 aliphatic rings. The lowest BCUT2D eigenvalue weighted by atomic mass is 9.32. The van der Waals surface area contributed by atoms with Gasteiger partial charge >= 0.3 is 0 Å². The highest BCUT2D eigenvalue weighted by Gasteiger charge is 2.72. The molecule has 4 nitrogen and oxygen atoms in total. The first-order chi connectivity index (χ1) is 16.2. The Morgan fingerprint density at radius 1 is 1.00 bits per heavy atom. The van der Waals surface area contributed by atoms with Crippen LogP contribution in [0, 0.1) is 63.2 Å². The molecule has 4 fully saturated rings. The number of hydrogen-bond acceptors (Lipinski definition) is 3. The molecule has 0 aromatic rings. The van der Waals surface area contributed by atoms with Gasteiger partial charge in [-0.1, -0.05) is 47.6 Å². The van der Waals surface area contributed by atoms with Crippen LogP contribution >= 0.6 is 11.6 Å². The maximum atomic E-state index is 14.3. The zero-order chi connectivity index (χ0) is 25.8. The summed E-state index contributed by atoms with van der Waals surface area (Å²) in [6.45, 7) is 21.1. The van der Waals surface area contributed by atoms with E-state index >= 15 is 0 Å². The molecule has 4 saturated carbocycles. The van der Waals surface area contributed by atoms with Gasteiger partial charge in [0.1, 0.15) is 5.78 Å². The lowest BCUT2D eigenvalue weighted by Gasteiger charge is -2.71.